The van der Waals surface area contributed by atoms with E-state index >= 15 is 0 Å². The topological polar surface area (TPSA) is 112 Å². The summed E-state index contributed by atoms with van der Waals surface area (Å²) in [5, 5.41) is 17.9. The number of para-hydroxylation sites is 1. The predicted octanol–water partition coefficient (Wildman–Crippen LogP) is 5.66. The third-order valence-electron chi connectivity index (χ3n) is 5.01. The van der Waals surface area contributed by atoms with Gasteiger partial charge in [-0.2, -0.15) is 13.3 Å². The van der Waals surface area contributed by atoms with Crippen LogP contribution in [0.2, 0.25) is 5.02 Å². The van der Waals surface area contributed by atoms with Crippen molar-refractivity contribution in [3.63, 3.8) is 0 Å². The van der Waals surface area contributed by atoms with Crippen LogP contribution >= 0.6 is 35.1 Å². The van der Waals surface area contributed by atoms with E-state index in [9.17, 15) is 10.1 Å². The standard InChI is InChI=1S/C21H10ClN7O2S2/c22-13-10-15(18(29(30)31)17-16(13)26-33-27-17)32-21-24-20-12-8-4-5-9-14(12)23-19(28(20)25-21)11-6-2-1-3-7-11/h1-10H. The molecule has 0 aliphatic rings. The monoisotopic (exact) mass is 491 g/mol. The Labute approximate surface area is 198 Å². The molecule has 33 heavy (non-hydrogen) atoms. The molecule has 12 heteroatoms. The van der Waals surface area contributed by atoms with Gasteiger partial charge in [-0.05, 0) is 30.0 Å². The van der Waals surface area contributed by atoms with E-state index < -0.39 is 4.92 Å². The maximum atomic E-state index is 11.9. The van der Waals surface area contributed by atoms with Crippen molar-refractivity contribution >= 4 is 68.4 Å². The third kappa shape index (κ3) is 3.28. The summed E-state index contributed by atoms with van der Waals surface area (Å²) >= 11 is 8.25. The van der Waals surface area contributed by atoms with E-state index in [1.54, 1.807) is 4.52 Å². The van der Waals surface area contributed by atoms with Crippen LogP contribution in [0.3, 0.4) is 0 Å². The molecule has 0 radical (unpaired) electrons. The maximum Gasteiger partial charge on any atom is 0.312 e. The molecule has 0 unspecified atom stereocenters. The summed E-state index contributed by atoms with van der Waals surface area (Å²) in [5.74, 6) is 0.621. The van der Waals surface area contributed by atoms with Gasteiger partial charge in [-0.1, -0.05) is 54.1 Å². The highest BCUT2D eigenvalue weighted by Gasteiger charge is 2.26. The lowest BCUT2D eigenvalue weighted by Gasteiger charge is -2.06. The molecular formula is C21H10ClN7O2S2. The molecular weight excluding hydrogens is 482 g/mol. The van der Waals surface area contributed by atoms with Crippen LogP contribution in [0, 0.1) is 10.1 Å². The van der Waals surface area contributed by atoms with Crippen molar-refractivity contribution < 1.29 is 4.92 Å². The average Bonchev–Trinajstić information content (AvgIpc) is 3.47. The first kappa shape index (κ1) is 20.0. The van der Waals surface area contributed by atoms with Crippen molar-refractivity contribution in [2.24, 2.45) is 0 Å². The van der Waals surface area contributed by atoms with E-state index in [1.807, 2.05) is 54.6 Å². The second kappa shape index (κ2) is 7.73. The largest absolute Gasteiger partial charge is 0.312 e. The Morgan fingerprint density at radius 3 is 2.58 bits per heavy atom. The van der Waals surface area contributed by atoms with Gasteiger partial charge >= 0.3 is 5.69 Å². The molecule has 0 bridgehead atoms. The predicted molar refractivity (Wildman–Crippen MR) is 127 cm³/mol. The number of nitro benzene ring substituents is 1. The van der Waals surface area contributed by atoms with E-state index in [4.69, 9.17) is 21.6 Å². The maximum absolute atomic E-state index is 11.9. The van der Waals surface area contributed by atoms with Crippen molar-refractivity contribution in [3.8, 4) is 11.4 Å². The Balaban J connectivity index is 1.57. The van der Waals surface area contributed by atoms with Gasteiger partial charge in [-0.15, -0.1) is 5.10 Å². The quantitative estimate of drug-likeness (QED) is 0.229. The van der Waals surface area contributed by atoms with Crippen LogP contribution in [0.4, 0.5) is 5.69 Å². The second-order valence-electron chi connectivity index (χ2n) is 6.97. The molecule has 0 saturated heterocycles. The Morgan fingerprint density at radius 2 is 1.76 bits per heavy atom. The fourth-order valence-corrected chi connectivity index (χ4v) is 5.39. The molecule has 0 aliphatic heterocycles. The molecule has 0 N–H and O–H groups in total. The molecule has 0 saturated carbocycles. The lowest BCUT2D eigenvalue weighted by Crippen LogP contribution is -1.99. The van der Waals surface area contributed by atoms with E-state index in [1.165, 1.54) is 6.07 Å². The SMILES string of the molecule is O=[N+]([O-])c1c(Sc2nc3c4ccccc4nc(-c4ccccc4)n3n2)cc(Cl)c2nsnc12. The van der Waals surface area contributed by atoms with Crippen molar-refractivity contribution in [2.45, 2.75) is 10.1 Å². The summed E-state index contributed by atoms with van der Waals surface area (Å²) in [6, 6.07) is 18.8. The third-order valence-corrected chi connectivity index (χ3v) is 6.71. The van der Waals surface area contributed by atoms with Gasteiger partial charge in [0, 0.05) is 10.9 Å². The second-order valence-corrected chi connectivity index (χ2v) is 8.92. The van der Waals surface area contributed by atoms with Crippen molar-refractivity contribution in [2.75, 3.05) is 0 Å². The fraction of sp³-hybridized carbons (Fsp3) is 0. The lowest BCUT2D eigenvalue weighted by molar-refractivity contribution is -0.386. The number of aromatic nitrogens is 6. The molecule has 3 aromatic heterocycles. The molecule has 9 nitrogen and oxygen atoms in total. The number of benzene rings is 3. The van der Waals surface area contributed by atoms with Gasteiger partial charge in [0.15, 0.2) is 17.0 Å². The zero-order chi connectivity index (χ0) is 22.5. The molecule has 0 spiro atoms. The number of rotatable bonds is 4. The number of hydrogen-bond acceptors (Lipinski definition) is 9. The zero-order valence-corrected chi connectivity index (χ0v) is 18.8. The minimum atomic E-state index is -0.482. The molecule has 0 atom stereocenters. The highest BCUT2D eigenvalue weighted by atomic mass is 35.5. The molecule has 160 valence electrons. The highest BCUT2D eigenvalue weighted by Crippen LogP contribution is 2.41. The lowest BCUT2D eigenvalue weighted by atomic mass is 10.2. The normalized spacial score (nSPS) is 11.5. The molecule has 6 rings (SSSR count). The van der Waals surface area contributed by atoms with Gasteiger partial charge in [0.05, 0.1) is 32.1 Å². The number of hydrogen-bond donors (Lipinski definition) is 0. The highest BCUT2D eigenvalue weighted by molar-refractivity contribution is 7.99. The van der Waals surface area contributed by atoms with E-state index in [0.29, 0.717) is 27.0 Å². The Hall–Kier alpha value is -3.67. The molecule has 0 aliphatic carbocycles. The minimum absolute atomic E-state index is 0.154. The van der Waals surface area contributed by atoms with Crippen molar-refractivity contribution in [1.29, 1.82) is 0 Å². The van der Waals surface area contributed by atoms with Gasteiger partial charge in [0.2, 0.25) is 5.16 Å². The summed E-state index contributed by atoms with van der Waals surface area (Å²) in [6.07, 6.45) is 0. The van der Waals surface area contributed by atoms with Crippen LogP contribution in [0.15, 0.2) is 70.7 Å². The van der Waals surface area contributed by atoms with Crippen LogP contribution in [-0.4, -0.2) is 33.3 Å². The summed E-state index contributed by atoms with van der Waals surface area (Å²) < 4.78 is 9.80. The minimum Gasteiger partial charge on any atom is -0.258 e. The van der Waals surface area contributed by atoms with Gasteiger partial charge < -0.3 is 0 Å². The Kier molecular flexibility index (Phi) is 4.68. The fourth-order valence-electron chi connectivity index (χ4n) is 3.58. The zero-order valence-electron chi connectivity index (χ0n) is 16.4. The Morgan fingerprint density at radius 1 is 1.00 bits per heavy atom. The number of fused-ring (bicyclic) bond motifs is 4. The van der Waals surface area contributed by atoms with Crippen LogP contribution in [-0.2, 0) is 0 Å². The van der Waals surface area contributed by atoms with Crippen LogP contribution in [0.1, 0.15) is 0 Å². The Bertz CT molecular complexity index is 1700. The van der Waals surface area contributed by atoms with Gasteiger partial charge in [-0.25, -0.2) is 9.97 Å². The number of nitro groups is 1. The molecule has 0 amide bonds. The summed E-state index contributed by atoms with van der Waals surface area (Å²) in [5.41, 5.74) is 2.55. The van der Waals surface area contributed by atoms with Crippen LogP contribution in [0.25, 0.3) is 39.0 Å². The first-order chi connectivity index (χ1) is 16.1. The van der Waals surface area contributed by atoms with Crippen molar-refractivity contribution in [1.82, 2.24) is 28.3 Å². The van der Waals surface area contributed by atoms with E-state index in [-0.39, 0.29) is 16.2 Å². The number of halogens is 1. The van der Waals surface area contributed by atoms with E-state index in [0.717, 1.165) is 40.0 Å². The average molecular weight is 492 g/mol. The molecule has 6 aromatic rings. The smallest absolute Gasteiger partial charge is 0.258 e. The summed E-state index contributed by atoms with van der Waals surface area (Å²) in [7, 11) is 0. The van der Waals surface area contributed by atoms with Crippen LogP contribution < -0.4 is 0 Å². The van der Waals surface area contributed by atoms with Crippen LogP contribution in [0.5, 0.6) is 0 Å². The van der Waals surface area contributed by atoms with Crippen molar-refractivity contribution in [3.05, 3.63) is 75.8 Å². The van der Waals surface area contributed by atoms with E-state index in [2.05, 4.69) is 13.8 Å². The number of nitrogens with zero attached hydrogens (tertiary/aromatic N) is 7. The van der Waals surface area contributed by atoms with Gasteiger partial charge in [-0.3, -0.25) is 10.1 Å². The first-order valence-electron chi connectivity index (χ1n) is 9.58. The molecule has 0 fully saturated rings. The molecule has 3 aromatic carbocycles. The first-order valence-corrected chi connectivity index (χ1v) is 11.5. The summed E-state index contributed by atoms with van der Waals surface area (Å²) in [6.45, 7) is 0. The molecule has 3 heterocycles. The van der Waals surface area contributed by atoms with Gasteiger partial charge in [0.25, 0.3) is 0 Å². The van der Waals surface area contributed by atoms with Gasteiger partial charge in [0.1, 0.15) is 5.52 Å². The summed E-state index contributed by atoms with van der Waals surface area (Å²) in [4.78, 5) is 21.1.